The van der Waals surface area contributed by atoms with Gasteiger partial charge in [-0.3, -0.25) is 0 Å². The highest BCUT2D eigenvalue weighted by Gasteiger charge is 2.09. The van der Waals surface area contributed by atoms with Crippen LogP contribution in [0.15, 0.2) is 22.7 Å². The lowest BCUT2D eigenvalue weighted by Gasteiger charge is -2.04. The van der Waals surface area contributed by atoms with E-state index in [1.54, 1.807) is 6.07 Å². The van der Waals surface area contributed by atoms with Gasteiger partial charge in [0, 0.05) is 10.0 Å². The van der Waals surface area contributed by atoms with Crippen LogP contribution >= 0.6 is 15.9 Å². The summed E-state index contributed by atoms with van der Waals surface area (Å²) in [5.74, 6) is 1.54. The van der Waals surface area contributed by atoms with Gasteiger partial charge in [-0.05, 0) is 12.1 Å². The van der Waals surface area contributed by atoms with Crippen molar-refractivity contribution >= 4 is 15.9 Å². The van der Waals surface area contributed by atoms with Crippen LogP contribution in [0.5, 0.6) is 0 Å². The zero-order valence-corrected chi connectivity index (χ0v) is 7.68. The van der Waals surface area contributed by atoms with Gasteiger partial charge in [-0.1, -0.05) is 27.9 Å². The van der Waals surface area contributed by atoms with Crippen molar-refractivity contribution < 1.29 is 9.50 Å². The van der Waals surface area contributed by atoms with E-state index in [9.17, 15) is 4.39 Å². The average molecular weight is 229 g/mol. The third kappa shape index (κ3) is 1.84. The molecule has 0 bridgehead atoms. The predicted molar refractivity (Wildman–Crippen MR) is 47.9 cm³/mol. The predicted octanol–water partition coefficient (Wildman–Crippen LogP) is 2.25. The van der Waals surface area contributed by atoms with Crippen molar-refractivity contribution in [3.8, 4) is 12.3 Å². The van der Waals surface area contributed by atoms with Crippen LogP contribution in [0.2, 0.25) is 0 Å². The summed E-state index contributed by atoms with van der Waals surface area (Å²) in [5, 5.41) is 9.11. The summed E-state index contributed by atoms with van der Waals surface area (Å²) < 4.78 is 13.6. The maximum Gasteiger partial charge on any atom is 0.142 e. The van der Waals surface area contributed by atoms with Gasteiger partial charge in [-0.25, -0.2) is 4.39 Å². The monoisotopic (exact) mass is 228 g/mol. The van der Waals surface area contributed by atoms with E-state index in [2.05, 4.69) is 15.9 Å². The van der Waals surface area contributed by atoms with Gasteiger partial charge >= 0.3 is 0 Å². The van der Waals surface area contributed by atoms with E-state index >= 15 is 0 Å². The van der Waals surface area contributed by atoms with Crippen molar-refractivity contribution in [2.45, 2.75) is 6.10 Å². The van der Waals surface area contributed by atoms with Gasteiger partial charge in [-0.15, -0.1) is 6.42 Å². The Morgan fingerprint density at radius 1 is 1.58 bits per heavy atom. The Labute approximate surface area is 78.4 Å². The van der Waals surface area contributed by atoms with Crippen LogP contribution in [-0.2, 0) is 0 Å². The molecule has 0 fully saturated rings. The van der Waals surface area contributed by atoms with Gasteiger partial charge in [0.15, 0.2) is 0 Å². The number of hydrogen-bond acceptors (Lipinski definition) is 1. The highest BCUT2D eigenvalue weighted by atomic mass is 79.9. The summed E-state index contributed by atoms with van der Waals surface area (Å²) in [5.41, 5.74) is 0.126. The minimum atomic E-state index is -1.17. The quantitative estimate of drug-likeness (QED) is 0.732. The van der Waals surface area contributed by atoms with Gasteiger partial charge in [-0.2, -0.15) is 0 Å². The Balaban J connectivity index is 3.11. The maximum atomic E-state index is 13.0. The second-order valence-corrected chi connectivity index (χ2v) is 3.15. The zero-order valence-electron chi connectivity index (χ0n) is 6.09. The van der Waals surface area contributed by atoms with E-state index in [0.29, 0.717) is 4.47 Å². The first-order valence-electron chi connectivity index (χ1n) is 3.24. The van der Waals surface area contributed by atoms with Gasteiger partial charge in [0.05, 0.1) is 0 Å². The highest BCUT2D eigenvalue weighted by Crippen LogP contribution is 2.20. The van der Waals surface area contributed by atoms with E-state index < -0.39 is 11.9 Å². The SMILES string of the molecule is C#C[C@@H](O)c1ccc(Br)cc1F. The molecule has 0 heterocycles. The third-order valence-electron chi connectivity index (χ3n) is 1.41. The summed E-state index contributed by atoms with van der Waals surface area (Å²) in [6, 6.07) is 4.33. The lowest BCUT2D eigenvalue weighted by molar-refractivity contribution is 0.233. The Kier molecular flexibility index (Phi) is 2.85. The molecule has 0 saturated carbocycles. The second kappa shape index (κ2) is 3.70. The molecule has 1 atom stereocenters. The summed E-state index contributed by atoms with van der Waals surface area (Å²) in [4.78, 5) is 0. The van der Waals surface area contributed by atoms with Crippen molar-refractivity contribution in [2.75, 3.05) is 0 Å². The number of terminal acetylenes is 1. The van der Waals surface area contributed by atoms with E-state index in [-0.39, 0.29) is 5.56 Å². The molecule has 3 heteroatoms. The Hall–Kier alpha value is -0.850. The van der Waals surface area contributed by atoms with Crippen molar-refractivity contribution in [2.24, 2.45) is 0 Å². The number of benzene rings is 1. The van der Waals surface area contributed by atoms with E-state index in [0.717, 1.165) is 0 Å². The van der Waals surface area contributed by atoms with Crippen molar-refractivity contribution in [3.05, 3.63) is 34.1 Å². The molecular formula is C9H6BrFO. The molecule has 1 rings (SSSR count). The first-order chi connectivity index (χ1) is 5.65. The molecule has 1 N–H and O–H groups in total. The molecule has 0 aromatic heterocycles. The highest BCUT2D eigenvalue weighted by molar-refractivity contribution is 9.10. The Morgan fingerprint density at radius 3 is 2.75 bits per heavy atom. The van der Waals surface area contributed by atoms with Crippen molar-refractivity contribution in [3.63, 3.8) is 0 Å². The lowest BCUT2D eigenvalue weighted by Crippen LogP contribution is -1.96. The molecule has 0 amide bonds. The molecule has 0 aliphatic heterocycles. The van der Waals surface area contributed by atoms with Gasteiger partial charge in [0.1, 0.15) is 11.9 Å². The topological polar surface area (TPSA) is 20.2 Å². The molecule has 0 aliphatic carbocycles. The zero-order chi connectivity index (χ0) is 9.14. The van der Waals surface area contributed by atoms with Crippen LogP contribution in [0.3, 0.4) is 0 Å². The molecule has 0 spiro atoms. The van der Waals surface area contributed by atoms with E-state index in [4.69, 9.17) is 11.5 Å². The fraction of sp³-hybridized carbons (Fsp3) is 0.111. The number of aliphatic hydroxyl groups excluding tert-OH is 1. The Bertz CT molecular complexity index is 330. The van der Waals surface area contributed by atoms with Crippen LogP contribution < -0.4 is 0 Å². The smallest absolute Gasteiger partial charge is 0.142 e. The van der Waals surface area contributed by atoms with E-state index in [1.165, 1.54) is 12.1 Å². The molecule has 0 radical (unpaired) electrons. The minimum Gasteiger partial charge on any atom is -0.376 e. The number of rotatable bonds is 1. The lowest BCUT2D eigenvalue weighted by atomic mass is 10.1. The fourth-order valence-corrected chi connectivity index (χ4v) is 1.15. The molecule has 12 heavy (non-hydrogen) atoms. The van der Waals surface area contributed by atoms with E-state index in [1.807, 2.05) is 5.92 Å². The third-order valence-corrected chi connectivity index (χ3v) is 1.91. The molecule has 1 aromatic carbocycles. The molecule has 1 nitrogen and oxygen atoms in total. The first-order valence-corrected chi connectivity index (χ1v) is 4.03. The molecule has 0 aliphatic rings. The maximum absolute atomic E-state index is 13.0. The van der Waals surface area contributed by atoms with Crippen LogP contribution in [0.4, 0.5) is 4.39 Å². The number of halogens is 2. The van der Waals surface area contributed by atoms with Gasteiger partial charge in [0.2, 0.25) is 0 Å². The summed E-state index contributed by atoms with van der Waals surface area (Å²) in [6.45, 7) is 0. The van der Waals surface area contributed by atoms with Crippen molar-refractivity contribution in [1.82, 2.24) is 0 Å². The Morgan fingerprint density at radius 2 is 2.25 bits per heavy atom. The minimum absolute atomic E-state index is 0.126. The summed E-state index contributed by atoms with van der Waals surface area (Å²) >= 11 is 3.09. The largest absolute Gasteiger partial charge is 0.376 e. The van der Waals surface area contributed by atoms with Crippen molar-refractivity contribution in [1.29, 1.82) is 0 Å². The standard InChI is InChI=1S/C9H6BrFO/c1-2-9(12)7-4-3-6(10)5-8(7)11/h1,3-5,9,12H/t9-/m1/s1. The number of aliphatic hydroxyl groups is 1. The normalized spacial score (nSPS) is 12.2. The molecule has 62 valence electrons. The van der Waals surface area contributed by atoms with Crippen LogP contribution in [0.25, 0.3) is 0 Å². The van der Waals surface area contributed by atoms with Crippen LogP contribution in [-0.4, -0.2) is 5.11 Å². The van der Waals surface area contributed by atoms with Crippen LogP contribution in [0.1, 0.15) is 11.7 Å². The molecule has 0 unspecified atom stereocenters. The molecule has 0 saturated heterocycles. The second-order valence-electron chi connectivity index (χ2n) is 2.24. The molecule has 1 aromatic rings. The molecular weight excluding hydrogens is 223 g/mol. The van der Waals surface area contributed by atoms with Gasteiger partial charge < -0.3 is 5.11 Å². The number of hydrogen-bond donors (Lipinski definition) is 1. The first kappa shape index (κ1) is 9.24. The summed E-state index contributed by atoms with van der Waals surface area (Å²) in [6.07, 6.45) is 3.76. The van der Waals surface area contributed by atoms with Crippen LogP contribution in [0, 0.1) is 18.2 Å². The average Bonchev–Trinajstić information content (AvgIpc) is 2.03. The summed E-state index contributed by atoms with van der Waals surface area (Å²) in [7, 11) is 0. The van der Waals surface area contributed by atoms with Gasteiger partial charge in [0.25, 0.3) is 0 Å². The fourth-order valence-electron chi connectivity index (χ4n) is 0.813.